The molecule has 0 aliphatic rings. The van der Waals surface area contributed by atoms with Crippen molar-refractivity contribution in [2.45, 2.75) is 0 Å². The first kappa shape index (κ1) is 13.6. The monoisotopic (exact) mass is 269 g/mol. The lowest BCUT2D eigenvalue weighted by molar-refractivity contribution is 0.215. The number of aromatic nitrogens is 2. The lowest BCUT2D eigenvalue weighted by atomic mass is 10.2. The molecule has 6 heteroatoms. The number of hydrogen-bond acceptors (Lipinski definition) is 5. The molecule has 0 N–H and O–H groups in total. The fourth-order valence-electron chi connectivity index (χ4n) is 1.90. The van der Waals surface area contributed by atoms with E-state index < -0.39 is 0 Å². The number of nitrogens with zero attached hydrogens (tertiary/aromatic N) is 5. The van der Waals surface area contributed by atoms with Gasteiger partial charge in [0.1, 0.15) is 18.7 Å². The summed E-state index contributed by atoms with van der Waals surface area (Å²) in [4.78, 5) is 10.9. The normalized spacial score (nSPS) is 10.5. The van der Waals surface area contributed by atoms with Gasteiger partial charge in [0, 0.05) is 26.5 Å². The zero-order valence-electron chi connectivity index (χ0n) is 11.6. The molecular formula is C14H15N5O. The Balaban J connectivity index is 2.59. The van der Waals surface area contributed by atoms with E-state index in [9.17, 15) is 5.26 Å². The van der Waals surface area contributed by atoms with Gasteiger partial charge in [-0.15, -0.1) is 0 Å². The van der Waals surface area contributed by atoms with Gasteiger partial charge in [-0.05, 0) is 18.2 Å². The topological polar surface area (TPSA) is 66.4 Å². The third-order valence-corrected chi connectivity index (χ3v) is 2.80. The van der Waals surface area contributed by atoms with E-state index in [1.54, 1.807) is 17.0 Å². The average Bonchev–Trinajstić information content (AvgIpc) is 2.92. The van der Waals surface area contributed by atoms with Gasteiger partial charge >= 0.3 is 0 Å². The van der Waals surface area contributed by atoms with Crippen LogP contribution < -0.4 is 4.90 Å². The van der Waals surface area contributed by atoms with Crippen molar-refractivity contribution >= 4 is 11.9 Å². The van der Waals surface area contributed by atoms with Crippen molar-refractivity contribution in [3.05, 3.63) is 41.9 Å². The summed E-state index contributed by atoms with van der Waals surface area (Å²) in [5.41, 5.74) is 2.12. The fourth-order valence-corrected chi connectivity index (χ4v) is 1.90. The molecule has 0 fully saturated rings. The van der Waals surface area contributed by atoms with Crippen molar-refractivity contribution in [2.75, 3.05) is 26.1 Å². The largest absolute Gasteiger partial charge is 0.399 e. The first-order chi connectivity index (χ1) is 9.69. The number of pyridine rings is 1. The molecule has 0 spiro atoms. The van der Waals surface area contributed by atoms with Crippen LogP contribution >= 0.6 is 0 Å². The van der Waals surface area contributed by atoms with Crippen LogP contribution in [-0.2, 0) is 4.84 Å². The SMILES string of the molecule is CO/N=C\c1cccn1-c1nccc(N(C)C)c1C#N. The summed E-state index contributed by atoms with van der Waals surface area (Å²) >= 11 is 0. The molecule has 6 nitrogen and oxygen atoms in total. The minimum atomic E-state index is 0.515. The molecule has 0 atom stereocenters. The van der Waals surface area contributed by atoms with E-state index >= 15 is 0 Å². The predicted octanol–water partition coefficient (Wildman–Crippen LogP) is 1.79. The number of hydrogen-bond donors (Lipinski definition) is 0. The molecule has 0 aromatic carbocycles. The molecule has 0 saturated carbocycles. The number of anilines is 1. The van der Waals surface area contributed by atoms with E-state index in [4.69, 9.17) is 0 Å². The highest BCUT2D eigenvalue weighted by atomic mass is 16.6. The molecular weight excluding hydrogens is 254 g/mol. The summed E-state index contributed by atoms with van der Waals surface area (Å²) in [6, 6.07) is 7.76. The van der Waals surface area contributed by atoms with Gasteiger partial charge in [-0.25, -0.2) is 4.98 Å². The van der Waals surface area contributed by atoms with Crippen LogP contribution in [0.2, 0.25) is 0 Å². The van der Waals surface area contributed by atoms with Crippen molar-refractivity contribution < 1.29 is 4.84 Å². The van der Waals surface area contributed by atoms with E-state index in [-0.39, 0.29) is 0 Å². The Morgan fingerprint density at radius 1 is 1.45 bits per heavy atom. The number of oxime groups is 1. The number of rotatable bonds is 4. The molecule has 20 heavy (non-hydrogen) atoms. The standard InChI is InChI=1S/C14H15N5O/c1-18(2)13-6-7-16-14(12(13)9-15)19-8-4-5-11(19)10-17-20-3/h4-8,10H,1-3H3/b17-10-. The minimum absolute atomic E-state index is 0.515. The summed E-state index contributed by atoms with van der Waals surface area (Å²) in [6.45, 7) is 0. The van der Waals surface area contributed by atoms with Crippen molar-refractivity contribution in [2.24, 2.45) is 5.16 Å². The Bertz CT molecular complexity index is 666. The summed E-state index contributed by atoms with van der Waals surface area (Å²) in [6.07, 6.45) is 5.09. The predicted molar refractivity (Wildman–Crippen MR) is 77.2 cm³/mol. The van der Waals surface area contributed by atoms with Crippen LogP contribution in [0.5, 0.6) is 0 Å². The number of nitriles is 1. The Morgan fingerprint density at radius 3 is 2.90 bits per heavy atom. The van der Waals surface area contributed by atoms with Crippen molar-refractivity contribution in [3.8, 4) is 11.9 Å². The van der Waals surface area contributed by atoms with Gasteiger partial charge in [-0.3, -0.25) is 4.57 Å². The fraction of sp³-hybridized carbons (Fsp3) is 0.214. The lowest BCUT2D eigenvalue weighted by Crippen LogP contribution is -2.13. The smallest absolute Gasteiger partial charge is 0.157 e. The van der Waals surface area contributed by atoms with Crippen molar-refractivity contribution in [3.63, 3.8) is 0 Å². The molecule has 0 aliphatic heterocycles. The van der Waals surface area contributed by atoms with Gasteiger partial charge in [0.2, 0.25) is 0 Å². The van der Waals surface area contributed by atoms with E-state index in [2.05, 4.69) is 21.0 Å². The molecule has 2 aromatic heterocycles. The maximum absolute atomic E-state index is 9.43. The molecule has 0 amide bonds. The van der Waals surface area contributed by atoms with E-state index in [1.807, 2.05) is 43.4 Å². The third kappa shape index (κ3) is 2.47. The van der Waals surface area contributed by atoms with Crippen LogP contribution in [0.4, 0.5) is 5.69 Å². The average molecular weight is 269 g/mol. The molecule has 0 unspecified atom stereocenters. The molecule has 0 radical (unpaired) electrons. The Kier molecular flexibility index (Phi) is 4.01. The molecule has 102 valence electrons. The molecule has 0 saturated heterocycles. The van der Waals surface area contributed by atoms with Crippen LogP contribution in [0.15, 0.2) is 35.7 Å². The highest BCUT2D eigenvalue weighted by Gasteiger charge is 2.14. The van der Waals surface area contributed by atoms with E-state index in [0.717, 1.165) is 11.4 Å². The minimum Gasteiger partial charge on any atom is -0.399 e. The van der Waals surface area contributed by atoms with Gasteiger partial charge in [0.25, 0.3) is 0 Å². The van der Waals surface area contributed by atoms with Gasteiger partial charge in [-0.2, -0.15) is 5.26 Å². The quantitative estimate of drug-likeness (QED) is 0.627. The molecule has 0 bridgehead atoms. The van der Waals surface area contributed by atoms with Crippen LogP contribution in [0.1, 0.15) is 11.3 Å². The summed E-state index contributed by atoms with van der Waals surface area (Å²) in [5.74, 6) is 0.571. The molecule has 0 aliphatic carbocycles. The van der Waals surface area contributed by atoms with Gasteiger partial charge in [0.05, 0.1) is 17.6 Å². The summed E-state index contributed by atoms with van der Waals surface area (Å²) in [5, 5.41) is 13.2. The second-order valence-corrected chi connectivity index (χ2v) is 4.26. The first-order valence-electron chi connectivity index (χ1n) is 5.99. The summed E-state index contributed by atoms with van der Waals surface area (Å²) in [7, 11) is 5.27. The highest BCUT2D eigenvalue weighted by Crippen LogP contribution is 2.23. The van der Waals surface area contributed by atoms with Crippen molar-refractivity contribution in [1.29, 1.82) is 5.26 Å². The molecule has 2 aromatic rings. The maximum Gasteiger partial charge on any atom is 0.157 e. The Hall–Kier alpha value is -2.81. The van der Waals surface area contributed by atoms with Crippen molar-refractivity contribution in [1.82, 2.24) is 9.55 Å². The Morgan fingerprint density at radius 2 is 2.25 bits per heavy atom. The van der Waals surface area contributed by atoms with Gasteiger partial charge in [-0.1, -0.05) is 5.16 Å². The van der Waals surface area contributed by atoms with E-state index in [0.29, 0.717) is 11.4 Å². The zero-order valence-corrected chi connectivity index (χ0v) is 11.6. The van der Waals surface area contributed by atoms with Gasteiger partial charge < -0.3 is 9.74 Å². The zero-order chi connectivity index (χ0) is 14.5. The second-order valence-electron chi connectivity index (χ2n) is 4.26. The van der Waals surface area contributed by atoms with E-state index in [1.165, 1.54) is 7.11 Å². The van der Waals surface area contributed by atoms with Crippen LogP contribution in [0, 0.1) is 11.3 Å². The maximum atomic E-state index is 9.43. The lowest BCUT2D eigenvalue weighted by Gasteiger charge is -2.16. The highest BCUT2D eigenvalue weighted by molar-refractivity contribution is 5.79. The Labute approximate surface area is 117 Å². The molecule has 2 rings (SSSR count). The van der Waals surface area contributed by atoms with Gasteiger partial charge in [0.15, 0.2) is 5.82 Å². The second kappa shape index (κ2) is 5.89. The third-order valence-electron chi connectivity index (χ3n) is 2.80. The van der Waals surface area contributed by atoms with Crippen LogP contribution in [-0.4, -0.2) is 37.0 Å². The first-order valence-corrected chi connectivity index (χ1v) is 5.99. The van der Waals surface area contributed by atoms with Crippen LogP contribution in [0.3, 0.4) is 0 Å². The molecule has 2 heterocycles. The van der Waals surface area contributed by atoms with Crippen LogP contribution in [0.25, 0.3) is 5.82 Å². The summed E-state index contributed by atoms with van der Waals surface area (Å²) < 4.78 is 1.80.